The second kappa shape index (κ2) is 11.0. The lowest BCUT2D eigenvalue weighted by molar-refractivity contribution is 0.0928. The molecule has 0 bridgehead atoms. The molecule has 10 nitrogen and oxygen atoms in total. The van der Waals surface area contributed by atoms with Crippen molar-refractivity contribution in [2.45, 2.75) is 40.2 Å². The third-order valence-corrected chi connectivity index (χ3v) is 5.40. The summed E-state index contributed by atoms with van der Waals surface area (Å²) in [7, 11) is 1.55. The molecule has 0 fully saturated rings. The lowest BCUT2D eigenvalue weighted by Gasteiger charge is -2.16. The predicted octanol–water partition coefficient (Wildman–Crippen LogP) is 2.03. The quantitative estimate of drug-likeness (QED) is 0.400. The molecule has 0 atom stereocenters. The summed E-state index contributed by atoms with van der Waals surface area (Å²) in [6, 6.07) is 8.25. The van der Waals surface area contributed by atoms with Crippen LogP contribution in [-0.4, -0.2) is 46.5 Å². The number of amides is 2. The lowest BCUT2D eigenvalue weighted by atomic mass is 10.0. The average molecular weight is 482 g/mol. The number of nitrogens with one attached hydrogen (secondary N) is 3. The summed E-state index contributed by atoms with van der Waals surface area (Å²) < 4.78 is 6.49. The van der Waals surface area contributed by atoms with Crippen molar-refractivity contribution in [2.24, 2.45) is 5.92 Å². The number of ether oxygens (including phenoxy) is 1. The number of nitrogens with zero attached hydrogens (tertiary/aromatic N) is 2. The van der Waals surface area contributed by atoms with Gasteiger partial charge in [-0.3, -0.25) is 23.9 Å². The van der Waals surface area contributed by atoms with Gasteiger partial charge in [0.25, 0.3) is 17.4 Å². The lowest BCUT2D eigenvalue weighted by Crippen LogP contribution is -2.37. The summed E-state index contributed by atoms with van der Waals surface area (Å²) in [5, 5.41) is 5.55. The molecule has 1 aromatic carbocycles. The van der Waals surface area contributed by atoms with E-state index in [2.05, 4.69) is 20.6 Å². The number of aromatic amines is 1. The Bertz CT molecular complexity index is 1340. The van der Waals surface area contributed by atoms with Crippen molar-refractivity contribution in [1.29, 1.82) is 0 Å². The molecule has 0 saturated carbocycles. The standard InChI is InChI=1S/C25H31N5O5/c1-14(2)13-30-21-20(24(33)29-25(30)34)18(12-19(28-21)15(3)4)23(32)27-11-10-26-22(31)16-6-8-17(35-5)9-7-16/h6-9,12,14-15H,10-11,13H2,1-5H3,(H,26,31)(H,27,32)(H,29,33,34). The number of benzene rings is 1. The number of rotatable bonds is 9. The fourth-order valence-electron chi connectivity index (χ4n) is 3.59. The van der Waals surface area contributed by atoms with E-state index >= 15 is 0 Å². The van der Waals surface area contributed by atoms with Crippen LogP contribution in [0.4, 0.5) is 0 Å². The van der Waals surface area contributed by atoms with E-state index < -0.39 is 17.2 Å². The van der Waals surface area contributed by atoms with Crippen molar-refractivity contribution in [1.82, 2.24) is 25.2 Å². The molecule has 2 aromatic heterocycles. The van der Waals surface area contributed by atoms with Crippen LogP contribution in [0.25, 0.3) is 11.0 Å². The summed E-state index contributed by atoms with van der Waals surface area (Å²) in [6.45, 7) is 8.41. The van der Waals surface area contributed by atoms with Crippen molar-refractivity contribution in [3.05, 3.63) is 68.0 Å². The first-order valence-electron chi connectivity index (χ1n) is 11.5. The Morgan fingerprint density at radius 1 is 1.03 bits per heavy atom. The van der Waals surface area contributed by atoms with Crippen LogP contribution < -0.4 is 26.6 Å². The van der Waals surface area contributed by atoms with Gasteiger partial charge in [0.05, 0.1) is 18.1 Å². The maximum atomic E-state index is 13.1. The van der Waals surface area contributed by atoms with E-state index in [4.69, 9.17) is 4.74 Å². The highest BCUT2D eigenvalue weighted by Crippen LogP contribution is 2.20. The maximum Gasteiger partial charge on any atom is 0.330 e. The minimum absolute atomic E-state index is 0.0309. The first-order valence-corrected chi connectivity index (χ1v) is 11.5. The minimum Gasteiger partial charge on any atom is -0.497 e. The molecule has 0 aliphatic heterocycles. The molecule has 0 radical (unpaired) electrons. The Morgan fingerprint density at radius 3 is 2.23 bits per heavy atom. The maximum absolute atomic E-state index is 13.1. The Kier molecular flexibility index (Phi) is 8.06. The fourth-order valence-corrected chi connectivity index (χ4v) is 3.59. The largest absolute Gasteiger partial charge is 0.497 e. The fraction of sp³-hybridized carbons (Fsp3) is 0.400. The molecular weight excluding hydrogens is 450 g/mol. The van der Waals surface area contributed by atoms with Gasteiger partial charge < -0.3 is 15.4 Å². The Morgan fingerprint density at radius 2 is 1.66 bits per heavy atom. The van der Waals surface area contributed by atoms with Crippen molar-refractivity contribution in [3.63, 3.8) is 0 Å². The Hall–Kier alpha value is -3.95. The molecule has 2 heterocycles. The van der Waals surface area contributed by atoms with Crippen molar-refractivity contribution < 1.29 is 14.3 Å². The third kappa shape index (κ3) is 5.95. The number of aromatic nitrogens is 3. The zero-order valence-corrected chi connectivity index (χ0v) is 20.6. The predicted molar refractivity (Wildman–Crippen MR) is 133 cm³/mol. The van der Waals surface area contributed by atoms with E-state index in [1.165, 1.54) is 4.57 Å². The van der Waals surface area contributed by atoms with Crippen LogP contribution in [0.2, 0.25) is 0 Å². The number of pyridine rings is 1. The highest BCUT2D eigenvalue weighted by atomic mass is 16.5. The highest BCUT2D eigenvalue weighted by Gasteiger charge is 2.20. The second-order valence-electron chi connectivity index (χ2n) is 8.95. The number of methoxy groups -OCH3 is 1. The van der Waals surface area contributed by atoms with Gasteiger partial charge in [0.15, 0.2) is 5.65 Å². The van der Waals surface area contributed by atoms with E-state index in [0.29, 0.717) is 23.6 Å². The zero-order chi connectivity index (χ0) is 25.7. The summed E-state index contributed by atoms with van der Waals surface area (Å²) in [5.41, 5.74) is 0.171. The summed E-state index contributed by atoms with van der Waals surface area (Å²) >= 11 is 0. The van der Waals surface area contributed by atoms with Gasteiger partial charge >= 0.3 is 5.69 Å². The van der Waals surface area contributed by atoms with Gasteiger partial charge in [-0.2, -0.15) is 0 Å². The van der Waals surface area contributed by atoms with Gasteiger partial charge in [-0.15, -0.1) is 0 Å². The number of hydrogen-bond donors (Lipinski definition) is 3. The van der Waals surface area contributed by atoms with Crippen LogP contribution in [0.3, 0.4) is 0 Å². The smallest absolute Gasteiger partial charge is 0.330 e. The first-order chi connectivity index (χ1) is 16.6. The van der Waals surface area contributed by atoms with Crippen molar-refractivity contribution in [2.75, 3.05) is 20.2 Å². The monoisotopic (exact) mass is 481 g/mol. The van der Waals surface area contributed by atoms with Gasteiger partial charge in [-0.05, 0) is 42.2 Å². The molecule has 10 heteroatoms. The molecular formula is C25H31N5O5. The van der Waals surface area contributed by atoms with Crippen molar-refractivity contribution >= 4 is 22.8 Å². The van der Waals surface area contributed by atoms with Crippen LogP contribution >= 0.6 is 0 Å². The highest BCUT2D eigenvalue weighted by molar-refractivity contribution is 6.05. The third-order valence-electron chi connectivity index (χ3n) is 5.40. The molecule has 35 heavy (non-hydrogen) atoms. The second-order valence-corrected chi connectivity index (χ2v) is 8.95. The molecule has 0 spiro atoms. The molecule has 0 aliphatic carbocycles. The number of H-pyrrole nitrogens is 1. The summed E-state index contributed by atoms with van der Waals surface area (Å²) in [5.74, 6) is -0.0340. The van der Waals surface area contributed by atoms with Gasteiger partial charge in [0.2, 0.25) is 0 Å². The van der Waals surface area contributed by atoms with Crippen LogP contribution in [0, 0.1) is 5.92 Å². The molecule has 0 saturated heterocycles. The minimum atomic E-state index is -0.661. The molecule has 3 rings (SSSR count). The van der Waals surface area contributed by atoms with Gasteiger partial charge in [-0.1, -0.05) is 27.7 Å². The van der Waals surface area contributed by atoms with Crippen LogP contribution in [-0.2, 0) is 6.54 Å². The molecule has 0 aliphatic rings. The summed E-state index contributed by atoms with van der Waals surface area (Å²) in [6.07, 6.45) is 0. The molecule has 0 unspecified atom stereocenters. The SMILES string of the molecule is COc1ccc(C(=O)NCCNC(=O)c2cc(C(C)C)nc3c2c(=O)[nH]c(=O)n3CC(C)C)cc1. The van der Waals surface area contributed by atoms with E-state index in [0.717, 1.165) is 0 Å². The number of fused-ring (bicyclic) bond motifs is 1. The van der Waals surface area contributed by atoms with Crippen LogP contribution in [0.5, 0.6) is 5.75 Å². The molecule has 186 valence electrons. The van der Waals surface area contributed by atoms with Gasteiger partial charge in [0.1, 0.15) is 5.75 Å². The normalized spacial score (nSPS) is 11.2. The first kappa shape index (κ1) is 25.7. The van der Waals surface area contributed by atoms with E-state index in [1.54, 1.807) is 37.4 Å². The summed E-state index contributed by atoms with van der Waals surface area (Å²) in [4.78, 5) is 57.5. The van der Waals surface area contributed by atoms with Crippen molar-refractivity contribution in [3.8, 4) is 5.75 Å². The Labute approximate surface area is 202 Å². The van der Waals surface area contributed by atoms with Crippen LogP contribution in [0.1, 0.15) is 60.0 Å². The topological polar surface area (TPSA) is 135 Å². The Balaban J connectivity index is 1.82. The number of carbonyl (C=O) groups is 2. The van der Waals surface area contributed by atoms with E-state index in [1.807, 2.05) is 27.7 Å². The van der Waals surface area contributed by atoms with Crippen LogP contribution in [0.15, 0.2) is 39.9 Å². The molecule has 3 aromatic rings. The van der Waals surface area contributed by atoms with E-state index in [9.17, 15) is 19.2 Å². The average Bonchev–Trinajstić information content (AvgIpc) is 2.83. The molecule has 3 N–H and O–H groups in total. The number of carbonyl (C=O) groups excluding carboxylic acids is 2. The number of hydrogen-bond acceptors (Lipinski definition) is 6. The van der Waals surface area contributed by atoms with E-state index in [-0.39, 0.29) is 47.4 Å². The van der Waals surface area contributed by atoms with Gasteiger partial charge in [-0.25, -0.2) is 9.78 Å². The molecule has 2 amide bonds. The zero-order valence-electron chi connectivity index (χ0n) is 20.6. The van der Waals surface area contributed by atoms with Gasteiger partial charge in [0, 0.05) is 30.9 Å².